The van der Waals surface area contributed by atoms with Gasteiger partial charge in [-0.1, -0.05) is 12.1 Å². The summed E-state index contributed by atoms with van der Waals surface area (Å²) >= 11 is 0. The molecule has 0 fully saturated rings. The summed E-state index contributed by atoms with van der Waals surface area (Å²) in [5.41, 5.74) is 5.40. The van der Waals surface area contributed by atoms with Crippen LogP contribution in [0.25, 0.3) is 0 Å². The number of hydrogen-bond donors (Lipinski definition) is 2. The lowest BCUT2D eigenvalue weighted by Crippen LogP contribution is -2.40. The number of carbonyl (C=O) groups excluding carboxylic acids is 1. The Morgan fingerprint density at radius 3 is 2.71 bits per heavy atom. The number of nitrogens with zero attached hydrogens (tertiary/aromatic N) is 1. The van der Waals surface area contributed by atoms with Crippen molar-refractivity contribution in [2.24, 2.45) is 5.16 Å². The quantitative estimate of drug-likeness (QED) is 0.647. The largest absolute Gasteiger partial charge is 0.433 e. The zero-order valence-corrected chi connectivity index (χ0v) is 13.6. The summed E-state index contributed by atoms with van der Waals surface area (Å²) in [6.45, 7) is 9.94. The van der Waals surface area contributed by atoms with Gasteiger partial charge in [-0.05, 0) is 58.9 Å². The number of carbonyl (C=O) groups is 1. The molecule has 5 heteroatoms. The number of hydrogen-bond acceptors (Lipinski definition) is 3. The van der Waals surface area contributed by atoms with Gasteiger partial charge < -0.3 is 10.3 Å². The topological polar surface area (TPSA) is 66.5 Å². The maximum Gasteiger partial charge on any atom is 0.433 e. The van der Waals surface area contributed by atoms with Gasteiger partial charge in [-0.3, -0.25) is 4.84 Å². The van der Waals surface area contributed by atoms with Crippen LogP contribution in [0.4, 0.5) is 4.79 Å². The van der Waals surface area contributed by atoms with E-state index in [1.165, 1.54) is 17.0 Å². The highest BCUT2D eigenvalue weighted by Gasteiger charge is 2.23. The number of fused-ring (bicyclic) bond motifs is 1. The van der Waals surface area contributed by atoms with E-state index in [4.69, 9.17) is 4.84 Å². The molecule has 0 bridgehead atoms. The lowest BCUT2D eigenvalue weighted by Gasteiger charge is -2.19. The Balaban J connectivity index is 2.19. The van der Waals surface area contributed by atoms with Crippen LogP contribution in [0.1, 0.15) is 63.1 Å². The smallest absolute Gasteiger partial charge is 0.362 e. The standard InChI is InChI=1S/C16H25N3O2/c1-6-11-10(2)17-12-8-7-9-13(14(11)12)19-21-15(20)18-16(3,4)5/h17H,6-9H2,1-5H3,(H,18,20)/b19-13+. The zero-order valence-electron chi connectivity index (χ0n) is 13.6. The first-order chi connectivity index (χ1) is 9.81. The monoisotopic (exact) mass is 291 g/mol. The van der Waals surface area contributed by atoms with E-state index < -0.39 is 6.09 Å². The summed E-state index contributed by atoms with van der Waals surface area (Å²) in [5, 5.41) is 6.86. The summed E-state index contributed by atoms with van der Waals surface area (Å²) < 4.78 is 0. The van der Waals surface area contributed by atoms with Crippen LogP contribution >= 0.6 is 0 Å². The van der Waals surface area contributed by atoms with E-state index in [9.17, 15) is 4.79 Å². The average molecular weight is 291 g/mol. The summed E-state index contributed by atoms with van der Waals surface area (Å²) in [6.07, 6.45) is 3.35. The number of oxime groups is 1. The fourth-order valence-electron chi connectivity index (χ4n) is 2.79. The fourth-order valence-corrected chi connectivity index (χ4v) is 2.79. The molecule has 0 radical (unpaired) electrons. The van der Waals surface area contributed by atoms with Crippen molar-refractivity contribution >= 4 is 11.8 Å². The summed E-state index contributed by atoms with van der Waals surface area (Å²) in [4.78, 5) is 20.2. The molecule has 1 aliphatic carbocycles. The molecule has 0 aliphatic heterocycles. The third kappa shape index (κ3) is 3.65. The van der Waals surface area contributed by atoms with Crippen molar-refractivity contribution in [3.05, 3.63) is 22.5 Å². The van der Waals surface area contributed by atoms with Crippen molar-refractivity contribution < 1.29 is 9.63 Å². The van der Waals surface area contributed by atoms with Crippen LogP contribution in [0.15, 0.2) is 5.16 Å². The molecule has 0 aromatic carbocycles. The lowest BCUT2D eigenvalue weighted by atomic mass is 9.92. The Bertz CT molecular complexity index is 565. The lowest BCUT2D eigenvalue weighted by molar-refractivity contribution is 0.141. The van der Waals surface area contributed by atoms with E-state index in [0.29, 0.717) is 0 Å². The second-order valence-electron chi connectivity index (χ2n) is 6.58. The van der Waals surface area contributed by atoms with Gasteiger partial charge in [-0.15, -0.1) is 0 Å². The highest BCUT2D eigenvalue weighted by molar-refractivity contribution is 6.04. The minimum atomic E-state index is -0.507. The van der Waals surface area contributed by atoms with Crippen LogP contribution in [0.5, 0.6) is 0 Å². The molecule has 116 valence electrons. The molecule has 0 atom stereocenters. The molecule has 1 amide bonds. The molecular formula is C16H25N3O2. The molecule has 1 aliphatic rings. The Morgan fingerprint density at radius 2 is 2.10 bits per heavy atom. The maximum atomic E-state index is 11.7. The van der Waals surface area contributed by atoms with Gasteiger partial charge >= 0.3 is 6.09 Å². The van der Waals surface area contributed by atoms with Gasteiger partial charge in [-0.25, -0.2) is 4.79 Å². The van der Waals surface area contributed by atoms with Crippen molar-refractivity contribution in [1.82, 2.24) is 10.3 Å². The first kappa shape index (κ1) is 15.6. The zero-order chi connectivity index (χ0) is 15.6. The van der Waals surface area contributed by atoms with Crippen molar-refractivity contribution in [3.63, 3.8) is 0 Å². The average Bonchev–Trinajstić information content (AvgIpc) is 2.70. The minimum Gasteiger partial charge on any atom is -0.362 e. The summed E-state index contributed by atoms with van der Waals surface area (Å²) in [6, 6.07) is 0. The predicted octanol–water partition coefficient (Wildman–Crippen LogP) is 3.45. The number of H-pyrrole nitrogens is 1. The molecule has 0 saturated heterocycles. The van der Waals surface area contributed by atoms with Gasteiger partial charge in [0.2, 0.25) is 0 Å². The summed E-state index contributed by atoms with van der Waals surface area (Å²) in [5.74, 6) is 0. The second-order valence-corrected chi connectivity index (χ2v) is 6.58. The van der Waals surface area contributed by atoms with Gasteiger partial charge in [0.15, 0.2) is 0 Å². The number of rotatable bonds is 2. The predicted molar refractivity (Wildman–Crippen MR) is 83.8 cm³/mol. The number of nitrogens with one attached hydrogen (secondary N) is 2. The fraction of sp³-hybridized carbons (Fsp3) is 0.625. The summed E-state index contributed by atoms with van der Waals surface area (Å²) in [7, 11) is 0. The van der Waals surface area contributed by atoms with E-state index in [0.717, 1.165) is 37.0 Å². The highest BCUT2D eigenvalue weighted by Crippen LogP contribution is 2.27. The number of aromatic amines is 1. The van der Waals surface area contributed by atoms with Crippen LogP contribution in [-0.4, -0.2) is 22.3 Å². The molecule has 0 spiro atoms. The molecular weight excluding hydrogens is 266 g/mol. The van der Waals surface area contributed by atoms with E-state index in [1.54, 1.807) is 0 Å². The molecule has 2 N–H and O–H groups in total. The SMILES string of the molecule is CCc1c(C)[nH]c2c1/C(=N/OC(=O)NC(C)(C)C)CCC2. The van der Waals surface area contributed by atoms with E-state index in [2.05, 4.69) is 29.3 Å². The first-order valence-corrected chi connectivity index (χ1v) is 7.58. The van der Waals surface area contributed by atoms with Crippen LogP contribution < -0.4 is 5.32 Å². The molecule has 0 unspecified atom stereocenters. The molecule has 21 heavy (non-hydrogen) atoms. The van der Waals surface area contributed by atoms with Crippen LogP contribution in [-0.2, 0) is 17.7 Å². The van der Waals surface area contributed by atoms with Gasteiger partial charge in [0.1, 0.15) is 0 Å². The minimum absolute atomic E-state index is 0.325. The van der Waals surface area contributed by atoms with Crippen molar-refractivity contribution in [1.29, 1.82) is 0 Å². The van der Waals surface area contributed by atoms with Crippen LogP contribution in [0, 0.1) is 6.92 Å². The van der Waals surface area contributed by atoms with Crippen LogP contribution in [0.2, 0.25) is 0 Å². The number of aryl methyl sites for hydroxylation is 2. The third-order valence-electron chi connectivity index (χ3n) is 3.59. The number of aromatic nitrogens is 1. The Hall–Kier alpha value is -1.78. The maximum absolute atomic E-state index is 11.7. The Kier molecular flexibility index (Phi) is 4.40. The molecule has 2 rings (SSSR count). The number of amides is 1. The Labute approximate surface area is 126 Å². The van der Waals surface area contributed by atoms with Crippen molar-refractivity contribution in [3.8, 4) is 0 Å². The normalized spacial score (nSPS) is 16.7. The molecule has 0 saturated carbocycles. The highest BCUT2D eigenvalue weighted by atomic mass is 16.7. The first-order valence-electron chi connectivity index (χ1n) is 7.58. The second kappa shape index (κ2) is 5.92. The van der Waals surface area contributed by atoms with Crippen molar-refractivity contribution in [2.75, 3.05) is 0 Å². The van der Waals surface area contributed by atoms with Gasteiger partial charge in [0.05, 0.1) is 5.71 Å². The van der Waals surface area contributed by atoms with Gasteiger partial charge in [-0.2, -0.15) is 0 Å². The molecule has 1 aromatic rings. The molecule has 1 heterocycles. The van der Waals surface area contributed by atoms with Gasteiger partial charge in [0, 0.05) is 22.5 Å². The van der Waals surface area contributed by atoms with Crippen LogP contribution in [0.3, 0.4) is 0 Å². The van der Waals surface area contributed by atoms with E-state index in [-0.39, 0.29) is 5.54 Å². The van der Waals surface area contributed by atoms with Gasteiger partial charge in [0.25, 0.3) is 0 Å². The van der Waals surface area contributed by atoms with Crippen molar-refractivity contribution in [2.45, 2.75) is 65.8 Å². The molecule has 5 nitrogen and oxygen atoms in total. The third-order valence-corrected chi connectivity index (χ3v) is 3.59. The molecule has 1 aromatic heterocycles. The van der Waals surface area contributed by atoms with E-state index in [1.807, 2.05) is 20.8 Å². The Morgan fingerprint density at radius 1 is 1.38 bits per heavy atom. The van der Waals surface area contributed by atoms with E-state index >= 15 is 0 Å².